The van der Waals surface area contributed by atoms with Crippen molar-refractivity contribution in [2.24, 2.45) is 0 Å². The first-order valence-corrected chi connectivity index (χ1v) is 6.67. The van der Waals surface area contributed by atoms with Crippen molar-refractivity contribution in [3.05, 3.63) is 17.5 Å². The van der Waals surface area contributed by atoms with Crippen molar-refractivity contribution in [1.29, 1.82) is 0 Å². The Morgan fingerprint density at radius 1 is 1.53 bits per heavy atom. The molecule has 5 heteroatoms. The van der Waals surface area contributed by atoms with E-state index in [4.69, 9.17) is 11.6 Å². The minimum absolute atomic E-state index is 0.510. The maximum absolute atomic E-state index is 6.05. The monoisotopic (exact) mass is 243 g/mol. The molecule has 1 fully saturated rings. The number of anilines is 1. The smallest absolute Gasteiger partial charge is 0.171 e. The van der Waals surface area contributed by atoms with E-state index >= 15 is 0 Å². The highest BCUT2D eigenvalue weighted by molar-refractivity contribution is 7.99. The molecule has 0 bridgehead atoms. The third kappa shape index (κ3) is 2.37. The van der Waals surface area contributed by atoms with Gasteiger partial charge in [-0.2, -0.15) is 11.8 Å². The molecule has 1 aliphatic heterocycles. The molecule has 15 heavy (non-hydrogen) atoms. The molecule has 0 unspecified atom stereocenters. The SMILES string of the molecule is CCN(c1nccnc1Cl)[C@H]1CCSC1. The van der Waals surface area contributed by atoms with E-state index in [2.05, 4.69) is 21.8 Å². The van der Waals surface area contributed by atoms with Crippen molar-refractivity contribution in [2.75, 3.05) is 23.0 Å². The van der Waals surface area contributed by atoms with Crippen molar-refractivity contribution in [1.82, 2.24) is 9.97 Å². The van der Waals surface area contributed by atoms with Crippen molar-refractivity contribution >= 4 is 29.2 Å². The second-order valence-corrected chi connectivity index (χ2v) is 4.98. The predicted molar refractivity (Wildman–Crippen MR) is 65.8 cm³/mol. The Hall–Kier alpha value is -0.480. The molecule has 0 aliphatic carbocycles. The van der Waals surface area contributed by atoms with Crippen LogP contribution < -0.4 is 4.90 Å². The Morgan fingerprint density at radius 2 is 2.33 bits per heavy atom. The molecule has 1 aromatic heterocycles. The largest absolute Gasteiger partial charge is 0.350 e. The number of nitrogens with zero attached hydrogens (tertiary/aromatic N) is 3. The average molecular weight is 244 g/mol. The van der Waals surface area contributed by atoms with E-state index < -0.39 is 0 Å². The lowest BCUT2D eigenvalue weighted by Gasteiger charge is -2.28. The molecule has 1 saturated heterocycles. The van der Waals surface area contributed by atoms with Crippen LogP contribution >= 0.6 is 23.4 Å². The van der Waals surface area contributed by atoms with Crippen LogP contribution in [0.25, 0.3) is 0 Å². The van der Waals surface area contributed by atoms with Gasteiger partial charge in [-0.05, 0) is 19.1 Å². The van der Waals surface area contributed by atoms with Gasteiger partial charge in [0, 0.05) is 30.7 Å². The summed E-state index contributed by atoms with van der Waals surface area (Å²) in [5.41, 5.74) is 0. The fraction of sp³-hybridized carbons (Fsp3) is 0.600. The van der Waals surface area contributed by atoms with Gasteiger partial charge in [0.2, 0.25) is 0 Å². The Kier molecular flexibility index (Phi) is 3.70. The molecular formula is C10H14ClN3S. The van der Waals surface area contributed by atoms with Gasteiger partial charge in [0.1, 0.15) is 0 Å². The molecule has 1 aromatic rings. The third-order valence-corrected chi connectivity index (χ3v) is 4.01. The van der Waals surface area contributed by atoms with E-state index in [1.807, 2.05) is 11.8 Å². The number of hydrogen-bond acceptors (Lipinski definition) is 4. The van der Waals surface area contributed by atoms with Crippen molar-refractivity contribution in [3.8, 4) is 0 Å². The van der Waals surface area contributed by atoms with Gasteiger partial charge in [-0.3, -0.25) is 0 Å². The van der Waals surface area contributed by atoms with Crippen molar-refractivity contribution in [3.63, 3.8) is 0 Å². The zero-order chi connectivity index (χ0) is 10.7. The Bertz CT molecular complexity index is 328. The van der Waals surface area contributed by atoms with Crippen LogP contribution in [0.5, 0.6) is 0 Å². The maximum Gasteiger partial charge on any atom is 0.171 e. The Morgan fingerprint density at radius 3 is 2.93 bits per heavy atom. The van der Waals surface area contributed by atoms with Crippen LogP contribution in [0.2, 0.25) is 5.15 Å². The molecule has 0 radical (unpaired) electrons. The summed E-state index contributed by atoms with van der Waals surface area (Å²) in [6.07, 6.45) is 4.54. The van der Waals surface area contributed by atoms with Crippen LogP contribution in [0.15, 0.2) is 12.4 Å². The van der Waals surface area contributed by atoms with Crippen molar-refractivity contribution in [2.45, 2.75) is 19.4 Å². The van der Waals surface area contributed by atoms with Gasteiger partial charge in [0.15, 0.2) is 11.0 Å². The predicted octanol–water partition coefficient (Wildman–Crippen LogP) is 2.46. The van der Waals surface area contributed by atoms with Crippen LogP contribution in [-0.4, -0.2) is 34.1 Å². The zero-order valence-electron chi connectivity index (χ0n) is 8.69. The van der Waals surface area contributed by atoms with E-state index in [-0.39, 0.29) is 0 Å². The summed E-state index contributed by atoms with van der Waals surface area (Å²) in [6.45, 7) is 3.07. The van der Waals surface area contributed by atoms with Gasteiger partial charge in [-0.15, -0.1) is 0 Å². The first-order valence-electron chi connectivity index (χ1n) is 5.13. The number of rotatable bonds is 3. The van der Waals surface area contributed by atoms with Crippen LogP contribution in [0, 0.1) is 0 Å². The minimum atomic E-state index is 0.510. The van der Waals surface area contributed by atoms with E-state index in [9.17, 15) is 0 Å². The van der Waals surface area contributed by atoms with Gasteiger partial charge in [0.05, 0.1) is 0 Å². The summed E-state index contributed by atoms with van der Waals surface area (Å²) in [7, 11) is 0. The Labute approximate surface area is 99.2 Å². The van der Waals surface area contributed by atoms with Gasteiger partial charge in [0.25, 0.3) is 0 Å². The lowest BCUT2D eigenvalue weighted by Crippen LogP contribution is -2.36. The zero-order valence-corrected chi connectivity index (χ0v) is 10.3. The number of thioether (sulfide) groups is 1. The average Bonchev–Trinajstić information content (AvgIpc) is 2.75. The van der Waals surface area contributed by atoms with Crippen LogP contribution in [-0.2, 0) is 0 Å². The molecule has 82 valence electrons. The summed E-state index contributed by atoms with van der Waals surface area (Å²) in [4.78, 5) is 10.6. The fourth-order valence-electron chi connectivity index (χ4n) is 1.86. The summed E-state index contributed by atoms with van der Waals surface area (Å²) < 4.78 is 0. The van der Waals surface area contributed by atoms with E-state index in [1.165, 1.54) is 17.9 Å². The summed E-state index contributed by atoms with van der Waals surface area (Å²) in [6, 6.07) is 0.564. The highest BCUT2D eigenvalue weighted by Crippen LogP contribution is 2.28. The first kappa shape index (κ1) is 11.0. The molecule has 0 N–H and O–H groups in total. The van der Waals surface area contributed by atoms with E-state index in [1.54, 1.807) is 12.4 Å². The summed E-state index contributed by atoms with van der Waals surface area (Å²) in [5.74, 6) is 3.23. The van der Waals surface area contributed by atoms with Crippen molar-refractivity contribution < 1.29 is 0 Å². The topological polar surface area (TPSA) is 29.0 Å². The third-order valence-electron chi connectivity index (χ3n) is 2.60. The first-order chi connectivity index (χ1) is 7.33. The number of hydrogen-bond donors (Lipinski definition) is 0. The van der Waals surface area contributed by atoms with Gasteiger partial charge >= 0.3 is 0 Å². The molecule has 2 heterocycles. The molecule has 2 rings (SSSR count). The molecule has 0 saturated carbocycles. The molecule has 1 atom stereocenters. The normalized spacial score (nSPS) is 20.5. The Balaban J connectivity index is 2.22. The molecule has 1 aliphatic rings. The van der Waals surface area contributed by atoms with Gasteiger partial charge in [-0.1, -0.05) is 11.6 Å². The minimum Gasteiger partial charge on any atom is -0.350 e. The van der Waals surface area contributed by atoms with Gasteiger partial charge in [-0.25, -0.2) is 9.97 Å². The molecule has 3 nitrogen and oxygen atoms in total. The van der Waals surface area contributed by atoms with Crippen LogP contribution in [0.3, 0.4) is 0 Å². The van der Waals surface area contributed by atoms with Crippen LogP contribution in [0.1, 0.15) is 13.3 Å². The molecule has 0 aromatic carbocycles. The highest BCUT2D eigenvalue weighted by Gasteiger charge is 2.24. The highest BCUT2D eigenvalue weighted by atomic mass is 35.5. The molecular weight excluding hydrogens is 230 g/mol. The number of halogens is 1. The number of aromatic nitrogens is 2. The maximum atomic E-state index is 6.05. The van der Waals surface area contributed by atoms with E-state index in [0.717, 1.165) is 12.4 Å². The van der Waals surface area contributed by atoms with Crippen LogP contribution in [0.4, 0.5) is 5.82 Å². The lowest BCUT2D eigenvalue weighted by atomic mass is 10.2. The fourth-order valence-corrected chi connectivity index (χ4v) is 3.29. The quantitative estimate of drug-likeness (QED) is 0.816. The molecule has 0 amide bonds. The second-order valence-electron chi connectivity index (χ2n) is 3.47. The van der Waals surface area contributed by atoms with E-state index in [0.29, 0.717) is 11.2 Å². The summed E-state index contributed by atoms with van der Waals surface area (Å²) >= 11 is 8.05. The molecule has 0 spiro atoms. The summed E-state index contributed by atoms with van der Waals surface area (Å²) in [5, 5.41) is 0.510. The standard InChI is InChI=1S/C10H14ClN3S/c1-2-14(8-3-6-15-7-8)10-9(11)12-4-5-13-10/h4-5,8H,2-3,6-7H2,1H3/t8-/m0/s1. The lowest BCUT2D eigenvalue weighted by molar-refractivity contribution is 0.651. The second kappa shape index (κ2) is 5.03. The van der Waals surface area contributed by atoms with Gasteiger partial charge < -0.3 is 4.90 Å².